The van der Waals surface area contributed by atoms with E-state index in [1.165, 1.54) is 0 Å². The Morgan fingerprint density at radius 2 is 1.62 bits per heavy atom. The number of para-hydroxylation sites is 1. The van der Waals surface area contributed by atoms with Crippen molar-refractivity contribution in [2.45, 2.75) is 37.3 Å². The molecule has 0 radical (unpaired) electrons. The lowest BCUT2D eigenvalue weighted by Crippen LogP contribution is -2.53. The van der Waals surface area contributed by atoms with Crippen LogP contribution in [0.5, 0.6) is 0 Å². The number of amides is 1. The molecule has 5 heteroatoms. The molecule has 1 amide bonds. The summed E-state index contributed by atoms with van der Waals surface area (Å²) in [4.78, 5) is 14.8. The molecular formula is C21H23ClN2O2. The molecular weight excluding hydrogens is 348 g/mol. The predicted molar refractivity (Wildman–Crippen MR) is 103 cm³/mol. The molecule has 1 aliphatic heterocycles. The molecule has 0 atom stereocenters. The molecule has 0 unspecified atom stereocenters. The van der Waals surface area contributed by atoms with Gasteiger partial charge in [0.05, 0.1) is 10.7 Å². The second-order valence-corrected chi connectivity index (χ2v) is 7.75. The molecule has 0 aromatic heterocycles. The largest absolute Gasteiger partial charge is 0.381 e. The fourth-order valence-electron chi connectivity index (χ4n) is 4.07. The third-order valence-electron chi connectivity index (χ3n) is 5.50. The van der Waals surface area contributed by atoms with Crippen LogP contribution in [0.1, 0.15) is 24.0 Å². The van der Waals surface area contributed by atoms with E-state index in [-0.39, 0.29) is 11.9 Å². The molecule has 0 saturated carbocycles. The van der Waals surface area contributed by atoms with Gasteiger partial charge in [0.1, 0.15) is 0 Å². The van der Waals surface area contributed by atoms with E-state index in [4.69, 9.17) is 11.6 Å². The van der Waals surface area contributed by atoms with Crippen LogP contribution in [0, 0.1) is 0 Å². The number of hydrogen-bond donors (Lipinski definition) is 2. The van der Waals surface area contributed by atoms with Crippen LogP contribution < -0.4 is 5.32 Å². The Hall–Kier alpha value is -2.04. The van der Waals surface area contributed by atoms with Crippen molar-refractivity contribution in [2.75, 3.05) is 18.4 Å². The molecule has 136 valence electrons. The van der Waals surface area contributed by atoms with E-state index in [1.807, 2.05) is 53.4 Å². The number of fused-ring (bicyclic) bond motifs is 1. The van der Waals surface area contributed by atoms with Crippen molar-refractivity contribution >= 4 is 23.2 Å². The molecule has 4 nitrogen and oxygen atoms in total. The van der Waals surface area contributed by atoms with Gasteiger partial charge in [-0.05, 0) is 36.1 Å². The van der Waals surface area contributed by atoms with Crippen molar-refractivity contribution in [2.24, 2.45) is 0 Å². The van der Waals surface area contributed by atoms with Gasteiger partial charge in [-0.25, -0.2) is 0 Å². The zero-order chi connectivity index (χ0) is 18.1. The Morgan fingerprint density at radius 1 is 1.04 bits per heavy atom. The summed E-state index contributed by atoms with van der Waals surface area (Å²) in [6, 6.07) is 15.9. The Bertz CT molecular complexity index is 790. The van der Waals surface area contributed by atoms with Crippen molar-refractivity contribution in [3.8, 4) is 0 Å². The number of aliphatic hydroxyl groups is 1. The molecule has 2 N–H and O–H groups in total. The minimum Gasteiger partial charge on any atom is -0.381 e. The maximum Gasteiger partial charge on any atom is 0.255 e. The van der Waals surface area contributed by atoms with E-state index >= 15 is 0 Å². The van der Waals surface area contributed by atoms with Gasteiger partial charge in [-0.3, -0.25) is 4.79 Å². The lowest BCUT2D eigenvalue weighted by molar-refractivity contribution is -0.151. The van der Waals surface area contributed by atoms with Crippen LogP contribution >= 0.6 is 11.6 Å². The van der Waals surface area contributed by atoms with Crippen LogP contribution in [0.3, 0.4) is 0 Å². The third-order valence-corrected chi connectivity index (χ3v) is 5.83. The average molecular weight is 371 g/mol. The van der Waals surface area contributed by atoms with Crippen molar-refractivity contribution in [3.05, 3.63) is 64.7 Å². The van der Waals surface area contributed by atoms with Crippen LogP contribution in [0.25, 0.3) is 0 Å². The number of halogens is 1. The van der Waals surface area contributed by atoms with Gasteiger partial charge in [-0.15, -0.1) is 0 Å². The van der Waals surface area contributed by atoms with Crippen LogP contribution in [-0.4, -0.2) is 40.6 Å². The zero-order valence-electron chi connectivity index (χ0n) is 14.6. The highest BCUT2D eigenvalue weighted by Gasteiger charge is 2.44. The van der Waals surface area contributed by atoms with E-state index in [9.17, 15) is 9.90 Å². The van der Waals surface area contributed by atoms with Gasteiger partial charge >= 0.3 is 0 Å². The molecule has 2 aromatic rings. The summed E-state index contributed by atoms with van der Waals surface area (Å²) in [6.45, 7) is 1.30. The number of hydrogen-bond acceptors (Lipinski definition) is 3. The third kappa shape index (κ3) is 3.31. The normalized spacial score (nSPS) is 19.2. The highest BCUT2D eigenvalue weighted by atomic mass is 35.5. The molecule has 1 fully saturated rings. The highest BCUT2D eigenvalue weighted by molar-refractivity contribution is 6.33. The number of piperidine rings is 1. The maximum atomic E-state index is 12.9. The summed E-state index contributed by atoms with van der Waals surface area (Å²) in [5.41, 5.74) is 1.81. The first-order valence-electron chi connectivity index (χ1n) is 9.15. The number of carbonyl (C=O) groups is 1. The van der Waals surface area contributed by atoms with Crippen LogP contribution in [-0.2, 0) is 17.6 Å². The minimum absolute atomic E-state index is 0.134. The van der Waals surface area contributed by atoms with E-state index in [1.54, 1.807) is 0 Å². The Balaban J connectivity index is 1.36. The first-order valence-corrected chi connectivity index (χ1v) is 9.52. The monoisotopic (exact) mass is 370 g/mol. The summed E-state index contributed by atoms with van der Waals surface area (Å²) >= 11 is 6.21. The summed E-state index contributed by atoms with van der Waals surface area (Å²) in [7, 11) is 0. The first kappa shape index (κ1) is 17.4. The molecule has 1 heterocycles. The van der Waals surface area contributed by atoms with Crippen molar-refractivity contribution in [3.63, 3.8) is 0 Å². The molecule has 1 saturated heterocycles. The molecule has 2 aromatic carbocycles. The van der Waals surface area contributed by atoms with Gasteiger partial charge in [0.25, 0.3) is 5.91 Å². The van der Waals surface area contributed by atoms with Gasteiger partial charge in [0, 0.05) is 32.0 Å². The van der Waals surface area contributed by atoms with Crippen molar-refractivity contribution < 1.29 is 9.90 Å². The number of anilines is 1. The zero-order valence-corrected chi connectivity index (χ0v) is 15.4. The van der Waals surface area contributed by atoms with E-state index in [2.05, 4.69) is 5.32 Å². The number of carbonyl (C=O) groups excluding carboxylic acids is 1. The summed E-state index contributed by atoms with van der Waals surface area (Å²) < 4.78 is 0. The minimum atomic E-state index is -1.29. The Kier molecular flexibility index (Phi) is 4.63. The number of likely N-dealkylation sites (tertiary alicyclic amines) is 1. The van der Waals surface area contributed by atoms with Crippen LogP contribution in [0.15, 0.2) is 48.5 Å². The topological polar surface area (TPSA) is 52.6 Å². The standard InChI is InChI=1S/C21H23ClN2O2/c22-18-7-3-4-8-19(18)23-17-9-11-24(12-10-17)20(25)21(26)13-15-5-1-2-6-16(15)14-21/h1-8,17,23,26H,9-14H2. The van der Waals surface area contributed by atoms with Gasteiger partial charge in [-0.2, -0.15) is 0 Å². The summed E-state index contributed by atoms with van der Waals surface area (Å²) in [5.74, 6) is -0.134. The second kappa shape index (κ2) is 6.93. The van der Waals surface area contributed by atoms with Crippen LogP contribution in [0.2, 0.25) is 5.02 Å². The van der Waals surface area contributed by atoms with Gasteiger partial charge in [0.15, 0.2) is 5.60 Å². The van der Waals surface area contributed by atoms with Gasteiger partial charge in [0.2, 0.25) is 0 Å². The number of nitrogens with one attached hydrogen (secondary N) is 1. The van der Waals surface area contributed by atoms with Gasteiger partial charge in [-0.1, -0.05) is 48.0 Å². The summed E-state index contributed by atoms with van der Waals surface area (Å²) in [6.07, 6.45) is 2.53. The maximum absolute atomic E-state index is 12.9. The van der Waals surface area contributed by atoms with E-state index in [0.29, 0.717) is 31.0 Å². The first-order chi connectivity index (χ1) is 12.5. The van der Waals surface area contributed by atoms with E-state index in [0.717, 1.165) is 29.7 Å². The Morgan fingerprint density at radius 3 is 2.23 bits per heavy atom. The number of nitrogens with zero attached hydrogens (tertiary/aromatic N) is 1. The van der Waals surface area contributed by atoms with Crippen molar-refractivity contribution in [1.29, 1.82) is 0 Å². The van der Waals surface area contributed by atoms with Gasteiger partial charge < -0.3 is 15.3 Å². The highest BCUT2D eigenvalue weighted by Crippen LogP contribution is 2.32. The predicted octanol–water partition coefficient (Wildman–Crippen LogP) is 3.27. The number of benzene rings is 2. The molecule has 1 aliphatic carbocycles. The average Bonchev–Trinajstić information content (AvgIpc) is 3.01. The quantitative estimate of drug-likeness (QED) is 0.871. The lowest BCUT2D eigenvalue weighted by atomic mass is 9.96. The second-order valence-electron chi connectivity index (χ2n) is 7.34. The fourth-order valence-corrected chi connectivity index (χ4v) is 4.26. The number of rotatable bonds is 3. The fraction of sp³-hybridized carbons (Fsp3) is 0.381. The Labute approximate surface area is 158 Å². The molecule has 4 rings (SSSR count). The molecule has 2 aliphatic rings. The summed E-state index contributed by atoms with van der Waals surface area (Å²) in [5, 5.41) is 15.1. The van der Waals surface area contributed by atoms with E-state index < -0.39 is 5.60 Å². The molecule has 0 bridgehead atoms. The van der Waals surface area contributed by atoms with Crippen LogP contribution in [0.4, 0.5) is 5.69 Å². The lowest BCUT2D eigenvalue weighted by Gasteiger charge is -2.36. The smallest absolute Gasteiger partial charge is 0.255 e. The molecule has 26 heavy (non-hydrogen) atoms. The van der Waals surface area contributed by atoms with Crippen molar-refractivity contribution in [1.82, 2.24) is 4.90 Å². The molecule has 0 spiro atoms. The SMILES string of the molecule is O=C(N1CCC(Nc2ccccc2Cl)CC1)C1(O)Cc2ccccc2C1.